The highest BCUT2D eigenvalue weighted by atomic mass is 16.4. The van der Waals surface area contributed by atoms with Crippen molar-refractivity contribution >= 4 is 11.9 Å². The Morgan fingerprint density at radius 3 is 2.15 bits per heavy atom. The van der Waals surface area contributed by atoms with Gasteiger partial charge in [0.25, 0.3) is 0 Å². The Balaban J connectivity index is 2.06. The Morgan fingerprint density at radius 1 is 1.25 bits per heavy atom. The molecule has 2 aliphatic heterocycles. The first-order valence-electron chi connectivity index (χ1n) is 7.49. The van der Waals surface area contributed by atoms with E-state index >= 15 is 0 Å². The van der Waals surface area contributed by atoms with Gasteiger partial charge < -0.3 is 15.7 Å². The van der Waals surface area contributed by atoms with Crippen LogP contribution in [0.5, 0.6) is 0 Å². The van der Waals surface area contributed by atoms with Gasteiger partial charge in [0.05, 0.1) is 6.04 Å². The summed E-state index contributed by atoms with van der Waals surface area (Å²) in [7, 11) is 0. The Labute approximate surface area is 120 Å². The van der Waals surface area contributed by atoms with Crippen molar-refractivity contribution in [2.24, 2.45) is 17.1 Å². The van der Waals surface area contributed by atoms with E-state index in [1.165, 1.54) is 0 Å². The van der Waals surface area contributed by atoms with E-state index in [0.29, 0.717) is 0 Å². The molecule has 20 heavy (non-hydrogen) atoms. The number of nitrogens with two attached hydrogens (primary N) is 1. The number of piperidine rings is 1. The van der Waals surface area contributed by atoms with Crippen LogP contribution in [0.4, 0.5) is 0 Å². The number of carboxylic acids is 1. The van der Waals surface area contributed by atoms with Crippen LogP contribution in [0.15, 0.2) is 0 Å². The van der Waals surface area contributed by atoms with Gasteiger partial charge in [0.15, 0.2) is 0 Å². The number of carbonyl (C=O) groups excluding carboxylic acids is 1. The molecule has 3 N–H and O–H groups in total. The van der Waals surface area contributed by atoms with Gasteiger partial charge in [-0.15, -0.1) is 0 Å². The van der Waals surface area contributed by atoms with E-state index < -0.39 is 12.0 Å². The van der Waals surface area contributed by atoms with Gasteiger partial charge in [0.1, 0.15) is 0 Å². The van der Waals surface area contributed by atoms with Crippen LogP contribution in [-0.4, -0.2) is 40.0 Å². The molecule has 2 bridgehead atoms. The summed E-state index contributed by atoms with van der Waals surface area (Å²) < 4.78 is 0. The third-order valence-corrected chi connectivity index (χ3v) is 4.75. The molecule has 0 saturated carbocycles. The van der Waals surface area contributed by atoms with E-state index in [0.717, 1.165) is 25.7 Å². The zero-order valence-corrected chi connectivity index (χ0v) is 12.6. The summed E-state index contributed by atoms with van der Waals surface area (Å²) >= 11 is 0. The first kappa shape index (κ1) is 15.3. The van der Waals surface area contributed by atoms with Gasteiger partial charge in [-0.25, -0.2) is 0 Å². The van der Waals surface area contributed by atoms with Crippen molar-refractivity contribution in [2.75, 3.05) is 0 Å². The number of amides is 1. The van der Waals surface area contributed by atoms with Crippen LogP contribution >= 0.6 is 0 Å². The predicted octanol–water partition coefficient (Wildman–Crippen LogP) is 1.60. The van der Waals surface area contributed by atoms with Crippen molar-refractivity contribution in [3.05, 3.63) is 0 Å². The Bertz CT molecular complexity index is 388. The molecule has 0 aromatic carbocycles. The second-order valence-corrected chi connectivity index (χ2v) is 7.41. The highest BCUT2D eigenvalue weighted by Crippen LogP contribution is 2.40. The number of hydrogen-bond donors (Lipinski definition) is 2. The monoisotopic (exact) mass is 282 g/mol. The molecule has 3 atom stereocenters. The number of carboxylic acid groups (broad SMARTS) is 1. The molecular formula is C15H26N2O3. The molecule has 0 aromatic rings. The van der Waals surface area contributed by atoms with Crippen molar-refractivity contribution in [2.45, 2.75) is 71.0 Å². The van der Waals surface area contributed by atoms with Gasteiger partial charge in [0, 0.05) is 18.5 Å². The van der Waals surface area contributed by atoms with E-state index in [1.807, 2.05) is 25.7 Å². The average molecular weight is 282 g/mol. The normalized spacial score (nSPS) is 31.2. The Hall–Kier alpha value is -1.10. The van der Waals surface area contributed by atoms with E-state index in [2.05, 4.69) is 0 Å². The molecule has 3 unspecified atom stereocenters. The minimum Gasteiger partial charge on any atom is -0.481 e. The standard InChI is InChI=1S/C15H26N2O3/c1-15(2,3)13(16)14(20)17-10-4-5-11(17)7-9(6-10)8-12(18)19/h9-11,13H,4-8,16H2,1-3H3,(H,18,19). The third kappa shape index (κ3) is 2.97. The lowest BCUT2D eigenvalue weighted by atomic mass is 9.83. The second-order valence-electron chi connectivity index (χ2n) is 7.41. The summed E-state index contributed by atoms with van der Waals surface area (Å²) in [5.74, 6) is -0.487. The number of hydrogen-bond acceptors (Lipinski definition) is 3. The Morgan fingerprint density at radius 2 is 1.75 bits per heavy atom. The van der Waals surface area contributed by atoms with Crippen molar-refractivity contribution in [1.82, 2.24) is 4.90 Å². The van der Waals surface area contributed by atoms with E-state index in [9.17, 15) is 9.59 Å². The lowest BCUT2D eigenvalue weighted by Gasteiger charge is -2.41. The van der Waals surface area contributed by atoms with E-state index in [1.54, 1.807) is 0 Å². The van der Waals surface area contributed by atoms with Crippen molar-refractivity contribution in [1.29, 1.82) is 0 Å². The maximum atomic E-state index is 12.6. The topological polar surface area (TPSA) is 83.6 Å². The Kier molecular flexibility index (Phi) is 4.09. The first-order chi connectivity index (χ1) is 9.20. The van der Waals surface area contributed by atoms with Crippen LogP contribution in [0.2, 0.25) is 0 Å². The van der Waals surface area contributed by atoms with Crippen LogP contribution in [0, 0.1) is 11.3 Å². The maximum Gasteiger partial charge on any atom is 0.303 e. The molecule has 2 saturated heterocycles. The molecule has 0 aliphatic carbocycles. The van der Waals surface area contributed by atoms with Crippen molar-refractivity contribution < 1.29 is 14.7 Å². The molecule has 2 fully saturated rings. The third-order valence-electron chi connectivity index (χ3n) is 4.75. The number of rotatable bonds is 3. The van der Waals surface area contributed by atoms with Crippen LogP contribution < -0.4 is 5.73 Å². The SMILES string of the molecule is CC(C)(C)C(N)C(=O)N1C2CCC1CC(CC(=O)O)C2. The summed E-state index contributed by atoms with van der Waals surface area (Å²) in [5.41, 5.74) is 5.87. The van der Waals surface area contributed by atoms with Gasteiger partial charge in [-0.2, -0.15) is 0 Å². The first-order valence-corrected chi connectivity index (χ1v) is 7.49. The lowest BCUT2D eigenvalue weighted by Crippen LogP contribution is -2.56. The zero-order valence-electron chi connectivity index (χ0n) is 12.6. The number of nitrogens with zero attached hydrogens (tertiary/aromatic N) is 1. The van der Waals surface area contributed by atoms with Crippen LogP contribution in [0.1, 0.15) is 52.9 Å². The van der Waals surface area contributed by atoms with E-state index in [4.69, 9.17) is 10.8 Å². The molecule has 1 amide bonds. The summed E-state index contributed by atoms with van der Waals surface area (Å²) in [6, 6.07) is -0.0976. The summed E-state index contributed by atoms with van der Waals surface area (Å²) in [5, 5.41) is 8.93. The highest BCUT2D eigenvalue weighted by Gasteiger charge is 2.46. The van der Waals surface area contributed by atoms with Gasteiger partial charge in [-0.1, -0.05) is 20.8 Å². The fourth-order valence-corrected chi connectivity index (χ4v) is 3.59. The fraction of sp³-hybridized carbons (Fsp3) is 0.867. The molecule has 5 nitrogen and oxygen atoms in total. The van der Waals surface area contributed by atoms with Gasteiger partial charge in [-0.3, -0.25) is 9.59 Å². The minimum atomic E-state index is -0.736. The fourth-order valence-electron chi connectivity index (χ4n) is 3.59. The zero-order chi connectivity index (χ0) is 15.1. The largest absolute Gasteiger partial charge is 0.481 e. The maximum absolute atomic E-state index is 12.6. The molecule has 0 spiro atoms. The number of carbonyl (C=O) groups is 2. The second kappa shape index (κ2) is 5.35. The molecule has 5 heteroatoms. The minimum absolute atomic E-state index is 0.0405. The molecule has 2 heterocycles. The van der Waals surface area contributed by atoms with E-state index in [-0.39, 0.29) is 35.7 Å². The summed E-state index contributed by atoms with van der Waals surface area (Å²) in [4.78, 5) is 25.4. The highest BCUT2D eigenvalue weighted by molar-refractivity contribution is 5.83. The smallest absolute Gasteiger partial charge is 0.303 e. The summed E-state index contributed by atoms with van der Waals surface area (Å²) in [6.07, 6.45) is 3.82. The average Bonchev–Trinajstić information content (AvgIpc) is 2.57. The number of aliphatic carboxylic acids is 1. The van der Waals surface area contributed by atoms with Gasteiger partial charge in [-0.05, 0) is 37.0 Å². The lowest BCUT2D eigenvalue weighted by molar-refractivity contribution is -0.141. The van der Waals surface area contributed by atoms with Crippen molar-refractivity contribution in [3.8, 4) is 0 Å². The molecule has 114 valence electrons. The number of fused-ring (bicyclic) bond motifs is 2. The summed E-state index contributed by atoms with van der Waals surface area (Å²) in [6.45, 7) is 5.94. The van der Waals surface area contributed by atoms with Crippen molar-refractivity contribution in [3.63, 3.8) is 0 Å². The molecule has 2 aliphatic rings. The van der Waals surface area contributed by atoms with Crippen LogP contribution in [0.25, 0.3) is 0 Å². The molecular weight excluding hydrogens is 256 g/mol. The van der Waals surface area contributed by atoms with Gasteiger partial charge in [0.2, 0.25) is 5.91 Å². The van der Waals surface area contributed by atoms with Gasteiger partial charge >= 0.3 is 5.97 Å². The molecule has 0 radical (unpaired) electrons. The predicted molar refractivity (Wildman–Crippen MR) is 76.1 cm³/mol. The molecule has 2 rings (SSSR count). The molecule has 0 aromatic heterocycles. The quantitative estimate of drug-likeness (QED) is 0.823. The van der Waals surface area contributed by atoms with Crippen LogP contribution in [-0.2, 0) is 9.59 Å². The van der Waals surface area contributed by atoms with Crippen LogP contribution in [0.3, 0.4) is 0 Å².